The molecule has 42 heavy (non-hydrogen) atoms. The summed E-state index contributed by atoms with van der Waals surface area (Å²) in [5.74, 6) is -3.46. The van der Waals surface area contributed by atoms with Gasteiger partial charge in [0.1, 0.15) is 23.9 Å². The van der Waals surface area contributed by atoms with Gasteiger partial charge in [-0.05, 0) is 30.2 Å². The molecule has 0 amide bonds. The van der Waals surface area contributed by atoms with Gasteiger partial charge in [0.15, 0.2) is 11.7 Å². The maximum absolute atomic E-state index is 13.7. The average molecular weight is 589 g/mol. The topological polar surface area (TPSA) is 169 Å². The van der Waals surface area contributed by atoms with Crippen molar-refractivity contribution < 1.29 is 53.8 Å². The smallest absolute Gasteiger partial charge is 0.338 e. The molecular formula is C31H40O11. The first kappa shape index (κ1) is 30.6. The van der Waals surface area contributed by atoms with Crippen LogP contribution in [0.4, 0.5) is 0 Å². The largest absolute Gasteiger partial charge is 0.455 e. The Hall–Kier alpha value is -2.83. The molecule has 1 aliphatic heterocycles. The molecule has 4 aliphatic rings. The number of fused-ring (bicyclic) bond motifs is 5. The van der Waals surface area contributed by atoms with Gasteiger partial charge in [-0.15, -0.1) is 0 Å². The number of hydrogen-bond donors (Lipinski definition) is 4. The van der Waals surface area contributed by atoms with Crippen molar-refractivity contribution in [1.82, 2.24) is 0 Å². The minimum atomic E-state index is -2.07. The van der Waals surface area contributed by atoms with Crippen LogP contribution in [0.15, 0.2) is 41.5 Å². The van der Waals surface area contributed by atoms with Crippen molar-refractivity contribution in [3.63, 3.8) is 0 Å². The fourth-order valence-electron chi connectivity index (χ4n) is 8.15. The zero-order valence-corrected chi connectivity index (χ0v) is 24.7. The molecule has 1 aromatic carbocycles. The summed E-state index contributed by atoms with van der Waals surface area (Å²) in [5, 5.41) is 48.2. The molecule has 2 saturated carbocycles. The number of aliphatic hydroxyl groups is 4. The molecule has 1 aromatic rings. The molecule has 230 valence electrons. The van der Waals surface area contributed by atoms with Gasteiger partial charge in [0.2, 0.25) is 0 Å². The standard InChI is InChI=1S/C31H40O11/c1-15-19(34)13-31(38)26(41-27(37)18-10-8-7-9-11-18)24-29(6,20(35)12-21-30(24,14-39-21)42-17(3)33)25(36)23(40-16(2)32)22(15)28(31,4)5/h7-11,19-21,23-26,34-36,38H,12-14H2,1-6H3/t19-,20-,21+,23+,24?,25+,26?,29+,30-,31+/m0/s1. The van der Waals surface area contributed by atoms with Crippen LogP contribution in [0, 0.1) is 16.7 Å². The Morgan fingerprint density at radius 3 is 2.17 bits per heavy atom. The quantitative estimate of drug-likeness (QED) is 0.228. The van der Waals surface area contributed by atoms with Crippen molar-refractivity contribution in [3.05, 3.63) is 47.0 Å². The van der Waals surface area contributed by atoms with E-state index in [1.807, 2.05) is 0 Å². The van der Waals surface area contributed by atoms with Gasteiger partial charge in [-0.25, -0.2) is 4.79 Å². The van der Waals surface area contributed by atoms with Crippen molar-refractivity contribution in [2.45, 2.75) is 102 Å². The number of hydrogen-bond acceptors (Lipinski definition) is 11. The summed E-state index contributed by atoms with van der Waals surface area (Å²) < 4.78 is 23.7. The van der Waals surface area contributed by atoms with Crippen molar-refractivity contribution in [2.24, 2.45) is 16.7 Å². The molecule has 11 nitrogen and oxygen atoms in total. The van der Waals surface area contributed by atoms with E-state index < -0.39 is 82.5 Å². The maximum Gasteiger partial charge on any atom is 0.338 e. The zero-order chi connectivity index (χ0) is 31.0. The van der Waals surface area contributed by atoms with Gasteiger partial charge in [-0.3, -0.25) is 9.59 Å². The number of aliphatic hydroxyl groups excluding tert-OH is 3. The minimum Gasteiger partial charge on any atom is -0.455 e. The highest BCUT2D eigenvalue weighted by atomic mass is 16.6. The molecule has 0 radical (unpaired) electrons. The Morgan fingerprint density at radius 1 is 0.976 bits per heavy atom. The lowest BCUT2D eigenvalue weighted by molar-refractivity contribution is -0.365. The Bertz CT molecular complexity index is 1310. The van der Waals surface area contributed by atoms with Gasteiger partial charge in [-0.2, -0.15) is 0 Å². The monoisotopic (exact) mass is 588 g/mol. The molecule has 3 fully saturated rings. The van der Waals surface area contributed by atoms with Gasteiger partial charge in [0.05, 0.1) is 30.3 Å². The second kappa shape index (κ2) is 10.1. The van der Waals surface area contributed by atoms with Crippen LogP contribution in [0.5, 0.6) is 0 Å². The van der Waals surface area contributed by atoms with Crippen LogP contribution >= 0.6 is 0 Å². The highest BCUT2D eigenvalue weighted by Crippen LogP contribution is 2.65. The number of ether oxygens (including phenoxy) is 4. The summed E-state index contributed by atoms with van der Waals surface area (Å²) >= 11 is 0. The third-order valence-electron chi connectivity index (χ3n) is 10.4. The lowest BCUT2D eigenvalue weighted by Gasteiger charge is -2.69. The Kier molecular flexibility index (Phi) is 7.38. The summed E-state index contributed by atoms with van der Waals surface area (Å²) in [6.07, 6.45) is -8.39. The van der Waals surface area contributed by atoms with E-state index in [2.05, 4.69) is 0 Å². The fourth-order valence-corrected chi connectivity index (χ4v) is 8.15. The van der Waals surface area contributed by atoms with E-state index in [9.17, 15) is 34.8 Å². The molecule has 11 heteroatoms. The lowest BCUT2D eigenvalue weighted by Crippen LogP contribution is -2.82. The van der Waals surface area contributed by atoms with Crippen molar-refractivity contribution in [2.75, 3.05) is 6.61 Å². The summed E-state index contributed by atoms with van der Waals surface area (Å²) in [6.45, 7) is 8.75. The molecule has 0 spiro atoms. The summed E-state index contributed by atoms with van der Waals surface area (Å²) in [4.78, 5) is 38.7. The van der Waals surface area contributed by atoms with Gasteiger partial charge in [0, 0.05) is 37.5 Å². The normalized spacial score (nSPS) is 42.1. The van der Waals surface area contributed by atoms with Crippen LogP contribution in [-0.2, 0) is 28.5 Å². The lowest BCUT2D eigenvalue weighted by atomic mass is 9.44. The highest BCUT2D eigenvalue weighted by Gasteiger charge is 2.78. The molecule has 5 rings (SSSR count). The second-order valence-electron chi connectivity index (χ2n) is 13.0. The van der Waals surface area contributed by atoms with Crippen LogP contribution in [-0.4, -0.2) is 92.8 Å². The zero-order valence-electron chi connectivity index (χ0n) is 24.7. The number of rotatable bonds is 4. The second-order valence-corrected chi connectivity index (χ2v) is 13.0. The van der Waals surface area contributed by atoms with Gasteiger partial charge >= 0.3 is 17.9 Å². The first-order chi connectivity index (χ1) is 19.5. The van der Waals surface area contributed by atoms with Crippen LogP contribution in [0.3, 0.4) is 0 Å². The SMILES string of the molecule is CC(=O)O[C@@H]1C2=C(C)[C@@H](O)C[C@@](O)(C(OC(=O)c3ccccc3)C3[C@](C)([C@@H]1O)[C@@H](O)C[C@H]1OC[C@@]31OC(C)=O)C2(C)C. The first-order valence-electron chi connectivity index (χ1n) is 14.2. The molecule has 2 bridgehead atoms. The third kappa shape index (κ3) is 4.16. The number of carbonyl (C=O) groups is 3. The van der Waals surface area contributed by atoms with E-state index in [4.69, 9.17) is 18.9 Å². The van der Waals surface area contributed by atoms with Crippen LogP contribution < -0.4 is 0 Å². The summed E-state index contributed by atoms with van der Waals surface area (Å²) in [5.41, 5.74) is -5.84. The van der Waals surface area contributed by atoms with Crippen LogP contribution in [0.25, 0.3) is 0 Å². The Balaban J connectivity index is 1.83. The first-order valence-corrected chi connectivity index (χ1v) is 14.2. The van der Waals surface area contributed by atoms with E-state index >= 15 is 0 Å². The maximum atomic E-state index is 13.7. The van der Waals surface area contributed by atoms with Crippen molar-refractivity contribution >= 4 is 17.9 Å². The number of benzene rings is 1. The van der Waals surface area contributed by atoms with Crippen LogP contribution in [0.2, 0.25) is 0 Å². The molecule has 3 aliphatic carbocycles. The average Bonchev–Trinajstić information content (AvgIpc) is 2.90. The number of esters is 3. The Labute approximate surface area is 244 Å². The fraction of sp³-hybridized carbons (Fsp3) is 0.645. The van der Waals surface area contributed by atoms with E-state index in [1.54, 1.807) is 58.0 Å². The minimum absolute atomic E-state index is 0.0496. The van der Waals surface area contributed by atoms with E-state index in [-0.39, 0.29) is 30.6 Å². The van der Waals surface area contributed by atoms with E-state index in [1.165, 1.54) is 13.8 Å². The summed E-state index contributed by atoms with van der Waals surface area (Å²) in [6, 6.07) is 8.12. The van der Waals surface area contributed by atoms with Crippen LogP contribution in [0.1, 0.15) is 64.7 Å². The predicted molar refractivity (Wildman–Crippen MR) is 146 cm³/mol. The Morgan fingerprint density at radius 2 is 1.62 bits per heavy atom. The third-order valence-corrected chi connectivity index (χ3v) is 10.4. The molecule has 4 N–H and O–H groups in total. The van der Waals surface area contributed by atoms with Gasteiger partial charge in [-0.1, -0.05) is 39.0 Å². The van der Waals surface area contributed by atoms with Crippen molar-refractivity contribution in [3.8, 4) is 0 Å². The van der Waals surface area contributed by atoms with Crippen molar-refractivity contribution in [1.29, 1.82) is 0 Å². The highest BCUT2D eigenvalue weighted by molar-refractivity contribution is 5.89. The summed E-state index contributed by atoms with van der Waals surface area (Å²) in [7, 11) is 0. The van der Waals surface area contributed by atoms with Gasteiger partial charge in [0.25, 0.3) is 0 Å². The van der Waals surface area contributed by atoms with E-state index in [0.717, 1.165) is 0 Å². The molecule has 1 saturated heterocycles. The van der Waals surface area contributed by atoms with E-state index in [0.29, 0.717) is 5.57 Å². The number of carbonyl (C=O) groups excluding carboxylic acids is 3. The predicted octanol–water partition coefficient (Wildman–Crippen LogP) is 1.44. The molecule has 10 atom stereocenters. The molecule has 2 unspecified atom stereocenters. The molecule has 1 heterocycles. The molecular weight excluding hydrogens is 548 g/mol. The van der Waals surface area contributed by atoms with Gasteiger partial charge < -0.3 is 39.4 Å². The molecule has 0 aromatic heterocycles.